The van der Waals surface area contributed by atoms with Crippen LogP contribution in [0.2, 0.25) is 0 Å². The molecule has 0 radical (unpaired) electrons. The molecule has 1 aromatic rings. The second kappa shape index (κ2) is 6.49. The summed E-state index contributed by atoms with van der Waals surface area (Å²) in [6.45, 7) is 2.25. The number of methoxy groups -OCH3 is 1. The van der Waals surface area contributed by atoms with Crippen molar-refractivity contribution in [1.29, 1.82) is 0 Å². The lowest BCUT2D eigenvalue weighted by atomic mass is 10.1. The minimum Gasteiger partial charge on any atom is -0.479 e. The molecular formula is C13H19NO4. The summed E-state index contributed by atoms with van der Waals surface area (Å²) in [6, 6.07) is 7.73. The number of nitrogens with one attached hydrogen (secondary N) is 1. The average molecular weight is 253 g/mol. The van der Waals surface area contributed by atoms with Crippen molar-refractivity contribution in [2.45, 2.75) is 25.7 Å². The van der Waals surface area contributed by atoms with Crippen molar-refractivity contribution in [2.75, 3.05) is 13.7 Å². The van der Waals surface area contributed by atoms with E-state index in [1.54, 1.807) is 7.11 Å². The molecule has 0 spiro atoms. The molecule has 1 aromatic carbocycles. The van der Waals surface area contributed by atoms with Gasteiger partial charge in [-0.15, -0.1) is 0 Å². The predicted octanol–water partition coefficient (Wildman–Crippen LogP) is 0.758. The number of aliphatic carboxylic acids is 1. The molecule has 0 aliphatic rings. The SMILES string of the molecule is COCc1ccccc1CNCC(C)(O)C(=O)O. The smallest absolute Gasteiger partial charge is 0.336 e. The highest BCUT2D eigenvalue weighted by molar-refractivity contribution is 5.76. The monoisotopic (exact) mass is 253 g/mol. The summed E-state index contributed by atoms with van der Waals surface area (Å²) in [4.78, 5) is 10.7. The molecule has 0 amide bonds. The van der Waals surface area contributed by atoms with E-state index in [4.69, 9.17) is 9.84 Å². The van der Waals surface area contributed by atoms with Crippen LogP contribution in [0.5, 0.6) is 0 Å². The highest BCUT2D eigenvalue weighted by Crippen LogP contribution is 2.10. The molecule has 1 rings (SSSR count). The molecule has 5 heteroatoms. The molecule has 0 heterocycles. The molecule has 0 fully saturated rings. The fraction of sp³-hybridized carbons (Fsp3) is 0.462. The maximum absolute atomic E-state index is 10.7. The molecule has 100 valence electrons. The molecule has 0 aliphatic heterocycles. The van der Waals surface area contributed by atoms with Gasteiger partial charge in [0.25, 0.3) is 0 Å². The first-order valence-electron chi connectivity index (χ1n) is 5.69. The lowest BCUT2D eigenvalue weighted by Gasteiger charge is -2.19. The van der Waals surface area contributed by atoms with Crippen LogP contribution in [0.15, 0.2) is 24.3 Å². The van der Waals surface area contributed by atoms with Crippen LogP contribution >= 0.6 is 0 Å². The first-order valence-corrected chi connectivity index (χ1v) is 5.69. The van der Waals surface area contributed by atoms with E-state index in [-0.39, 0.29) is 6.54 Å². The van der Waals surface area contributed by atoms with Crippen LogP contribution in [0.4, 0.5) is 0 Å². The van der Waals surface area contributed by atoms with Crippen LogP contribution in [0.25, 0.3) is 0 Å². The third kappa shape index (κ3) is 4.10. The van der Waals surface area contributed by atoms with E-state index in [1.807, 2.05) is 24.3 Å². The Bertz CT molecular complexity index is 404. The van der Waals surface area contributed by atoms with Gasteiger partial charge in [-0.2, -0.15) is 0 Å². The summed E-state index contributed by atoms with van der Waals surface area (Å²) < 4.78 is 5.08. The molecule has 0 aromatic heterocycles. The standard InChI is InChI=1S/C13H19NO4/c1-13(17,12(15)16)9-14-7-10-5-3-4-6-11(10)8-18-2/h3-6,14,17H,7-9H2,1-2H3,(H,15,16). The first kappa shape index (κ1) is 14.6. The molecule has 1 unspecified atom stereocenters. The van der Waals surface area contributed by atoms with E-state index in [9.17, 15) is 9.90 Å². The van der Waals surface area contributed by atoms with E-state index in [0.717, 1.165) is 11.1 Å². The van der Waals surface area contributed by atoms with Crippen molar-refractivity contribution in [1.82, 2.24) is 5.32 Å². The Morgan fingerprint density at radius 1 is 1.39 bits per heavy atom. The lowest BCUT2D eigenvalue weighted by Crippen LogP contribution is -2.44. The van der Waals surface area contributed by atoms with E-state index in [1.165, 1.54) is 6.92 Å². The Hall–Kier alpha value is -1.43. The normalized spacial score (nSPS) is 14.2. The number of carboxylic acid groups (broad SMARTS) is 1. The number of benzene rings is 1. The third-order valence-corrected chi connectivity index (χ3v) is 2.66. The maximum Gasteiger partial charge on any atom is 0.336 e. The summed E-state index contributed by atoms with van der Waals surface area (Å²) in [5.74, 6) is -1.24. The quantitative estimate of drug-likeness (QED) is 0.668. The lowest BCUT2D eigenvalue weighted by molar-refractivity contribution is -0.156. The van der Waals surface area contributed by atoms with Crippen molar-refractivity contribution < 1.29 is 19.7 Å². The number of hydrogen-bond donors (Lipinski definition) is 3. The summed E-state index contributed by atoms with van der Waals surface area (Å²) >= 11 is 0. The van der Waals surface area contributed by atoms with Crippen LogP contribution in [-0.4, -0.2) is 35.4 Å². The minimum absolute atomic E-state index is 0.0103. The van der Waals surface area contributed by atoms with E-state index >= 15 is 0 Å². The highest BCUT2D eigenvalue weighted by atomic mass is 16.5. The van der Waals surface area contributed by atoms with Gasteiger partial charge in [0.2, 0.25) is 0 Å². The van der Waals surface area contributed by atoms with Crippen LogP contribution in [-0.2, 0) is 22.7 Å². The first-order chi connectivity index (χ1) is 8.47. The Kier molecular flexibility index (Phi) is 5.27. The van der Waals surface area contributed by atoms with Gasteiger partial charge in [0.1, 0.15) is 0 Å². The fourth-order valence-electron chi connectivity index (χ4n) is 1.54. The number of rotatable bonds is 7. The van der Waals surface area contributed by atoms with Crippen molar-refractivity contribution in [3.05, 3.63) is 35.4 Å². The van der Waals surface area contributed by atoms with Gasteiger partial charge in [-0.25, -0.2) is 4.79 Å². The van der Waals surface area contributed by atoms with Gasteiger partial charge in [0.05, 0.1) is 6.61 Å². The zero-order valence-corrected chi connectivity index (χ0v) is 10.6. The van der Waals surface area contributed by atoms with Gasteiger partial charge in [0, 0.05) is 20.2 Å². The van der Waals surface area contributed by atoms with Crippen molar-refractivity contribution >= 4 is 5.97 Å². The Balaban J connectivity index is 2.56. The van der Waals surface area contributed by atoms with E-state index < -0.39 is 11.6 Å². The van der Waals surface area contributed by atoms with E-state index in [0.29, 0.717) is 13.2 Å². The Morgan fingerprint density at radius 2 is 2.00 bits per heavy atom. The summed E-state index contributed by atoms with van der Waals surface area (Å²) in [7, 11) is 1.62. The second-order valence-electron chi connectivity index (χ2n) is 4.38. The predicted molar refractivity (Wildman–Crippen MR) is 67.1 cm³/mol. The van der Waals surface area contributed by atoms with Gasteiger partial charge in [-0.05, 0) is 18.1 Å². The van der Waals surface area contributed by atoms with Crippen LogP contribution in [0, 0.1) is 0 Å². The van der Waals surface area contributed by atoms with Crippen LogP contribution in [0.1, 0.15) is 18.1 Å². The van der Waals surface area contributed by atoms with Gasteiger partial charge in [0.15, 0.2) is 5.60 Å². The van der Waals surface area contributed by atoms with Crippen molar-refractivity contribution in [3.8, 4) is 0 Å². The number of hydrogen-bond acceptors (Lipinski definition) is 4. The Morgan fingerprint density at radius 3 is 2.56 bits per heavy atom. The molecule has 1 atom stereocenters. The molecule has 5 nitrogen and oxygen atoms in total. The van der Waals surface area contributed by atoms with Gasteiger partial charge >= 0.3 is 5.97 Å². The minimum atomic E-state index is -1.75. The van der Waals surface area contributed by atoms with Crippen molar-refractivity contribution in [3.63, 3.8) is 0 Å². The van der Waals surface area contributed by atoms with Gasteiger partial charge < -0.3 is 20.3 Å². The number of ether oxygens (including phenoxy) is 1. The molecule has 3 N–H and O–H groups in total. The highest BCUT2D eigenvalue weighted by Gasteiger charge is 2.29. The van der Waals surface area contributed by atoms with Gasteiger partial charge in [-0.3, -0.25) is 0 Å². The Labute approximate surface area is 106 Å². The zero-order valence-electron chi connectivity index (χ0n) is 10.6. The number of carboxylic acids is 1. The number of carbonyl (C=O) groups is 1. The fourth-order valence-corrected chi connectivity index (χ4v) is 1.54. The summed E-state index contributed by atoms with van der Waals surface area (Å²) in [5, 5.41) is 21.3. The summed E-state index contributed by atoms with van der Waals surface area (Å²) in [5.41, 5.74) is 0.318. The maximum atomic E-state index is 10.7. The molecule has 18 heavy (non-hydrogen) atoms. The third-order valence-electron chi connectivity index (χ3n) is 2.66. The topological polar surface area (TPSA) is 78.8 Å². The summed E-state index contributed by atoms with van der Waals surface area (Å²) in [6.07, 6.45) is 0. The van der Waals surface area contributed by atoms with Crippen molar-refractivity contribution in [2.24, 2.45) is 0 Å². The van der Waals surface area contributed by atoms with Gasteiger partial charge in [-0.1, -0.05) is 24.3 Å². The average Bonchev–Trinajstić information content (AvgIpc) is 2.31. The second-order valence-corrected chi connectivity index (χ2v) is 4.38. The molecule has 0 saturated heterocycles. The number of aliphatic hydroxyl groups is 1. The largest absolute Gasteiger partial charge is 0.479 e. The molecule has 0 bridgehead atoms. The van der Waals surface area contributed by atoms with E-state index in [2.05, 4.69) is 5.32 Å². The van der Waals surface area contributed by atoms with Crippen LogP contribution in [0.3, 0.4) is 0 Å². The zero-order chi connectivity index (χ0) is 13.6. The van der Waals surface area contributed by atoms with Crippen LogP contribution < -0.4 is 5.32 Å². The molecule has 0 aliphatic carbocycles. The molecular weight excluding hydrogens is 234 g/mol. The molecule has 0 saturated carbocycles.